The second-order valence-corrected chi connectivity index (χ2v) is 7.63. The average molecular weight is 450 g/mol. The quantitative estimate of drug-likeness (QED) is 0.322. The summed E-state index contributed by atoms with van der Waals surface area (Å²) in [5.41, 5.74) is 1.30. The summed E-state index contributed by atoms with van der Waals surface area (Å²) in [5.74, 6) is -1.22. The number of halogens is 1. The molecule has 1 fully saturated rings. The van der Waals surface area contributed by atoms with E-state index in [0.717, 1.165) is 0 Å². The molecule has 0 aliphatic carbocycles. The first-order valence-electron chi connectivity index (χ1n) is 9.99. The smallest absolute Gasteiger partial charge is 0.300 e. The van der Waals surface area contributed by atoms with Crippen molar-refractivity contribution < 1.29 is 24.5 Å². The van der Waals surface area contributed by atoms with Gasteiger partial charge in [-0.15, -0.1) is 0 Å². The van der Waals surface area contributed by atoms with Gasteiger partial charge < -0.3 is 14.9 Å². The van der Waals surface area contributed by atoms with E-state index in [4.69, 9.17) is 16.3 Å². The number of phenols is 1. The Bertz CT molecular complexity index is 1200. The predicted octanol–water partition coefficient (Wildman–Crippen LogP) is 5.07. The fraction of sp³-hybridized carbons (Fsp3) is 0.120. The van der Waals surface area contributed by atoms with Gasteiger partial charge in [0.05, 0.1) is 18.2 Å². The van der Waals surface area contributed by atoms with Gasteiger partial charge >= 0.3 is 0 Å². The maximum atomic E-state index is 13.1. The third kappa shape index (κ3) is 3.92. The molecule has 6 nitrogen and oxygen atoms in total. The first-order valence-corrected chi connectivity index (χ1v) is 10.4. The van der Waals surface area contributed by atoms with Crippen molar-refractivity contribution >= 4 is 34.7 Å². The summed E-state index contributed by atoms with van der Waals surface area (Å²) in [4.78, 5) is 27.5. The fourth-order valence-corrected chi connectivity index (χ4v) is 3.91. The van der Waals surface area contributed by atoms with Crippen molar-refractivity contribution in [2.24, 2.45) is 0 Å². The monoisotopic (exact) mass is 449 g/mol. The van der Waals surface area contributed by atoms with Gasteiger partial charge in [0.25, 0.3) is 11.7 Å². The van der Waals surface area contributed by atoms with Crippen LogP contribution in [0.1, 0.15) is 24.1 Å². The van der Waals surface area contributed by atoms with Crippen LogP contribution in [-0.2, 0) is 9.59 Å². The van der Waals surface area contributed by atoms with Crippen LogP contribution in [0, 0.1) is 0 Å². The van der Waals surface area contributed by atoms with E-state index in [1.54, 1.807) is 60.7 Å². The molecule has 1 aliphatic heterocycles. The Labute approximate surface area is 189 Å². The van der Waals surface area contributed by atoms with Gasteiger partial charge in [-0.1, -0.05) is 29.8 Å². The minimum Gasteiger partial charge on any atom is -0.508 e. The zero-order chi connectivity index (χ0) is 22.8. The van der Waals surface area contributed by atoms with Crippen molar-refractivity contribution in [1.29, 1.82) is 0 Å². The van der Waals surface area contributed by atoms with Crippen molar-refractivity contribution in [2.75, 3.05) is 11.5 Å². The first kappa shape index (κ1) is 21.5. The Balaban J connectivity index is 1.89. The van der Waals surface area contributed by atoms with Gasteiger partial charge in [0.15, 0.2) is 0 Å². The van der Waals surface area contributed by atoms with Crippen LogP contribution in [0.2, 0.25) is 5.02 Å². The van der Waals surface area contributed by atoms with Gasteiger partial charge in [-0.2, -0.15) is 0 Å². The minimum absolute atomic E-state index is 0.0416. The number of anilines is 1. The maximum absolute atomic E-state index is 13.1. The number of aliphatic hydroxyl groups is 1. The number of ether oxygens (including phenoxy) is 1. The van der Waals surface area contributed by atoms with Crippen molar-refractivity contribution in [3.8, 4) is 11.5 Å². The van der Waals surface area contributed by atoms with Crippen LogP contribution in [-0.4, -0.2) is 28.5 Å². The SMILES string of the molecule is CCOc1ccc(/C(O)=C2\C(=O)C(=O)N(c3cccc(Cl)c3)C2c2ccc(O)cc2)cc1. The van der Waals surface area contributed by atoms with Gasteiger partial charge in [-0.25, -0.2) is 0 Å². The van der Waals surface area contributed by atoms with Crippen LogP contribution in [0.25, 0.3) is 5.76 Å². The molecule has 0 saturated carbocycles. The summed E-state index contributed by atoms with van der Waals surface area (Å²) in [6, 6.07) is 18.4. The third-order valence-electron chi connectivity index (χ3n) is 5.18. The van der Waals surface area contributed by atoms with Gasteiger partial charge in [0.1, 0.15) is 17.3 Å². The third-order valence-corrected chi connectivity index (χ3v) is 5.41. The average Bonchev–Trinajstić information content (AvgIpc) is 3.05. The number of carbonyl (C=O) groups is 2. The number of phenolic OH excluding ortho intramolecular Hbond substituents is 1. The van der Waals surface area contributed by atoms with E-state index >= 15 is 0 Å². The van der Waals surface area contributed by atoms with E-state index in [1.807, 2.05) is 6.92 Å². The lowest BCUT2D eigenvalue weighted by atomic mass is 9.95. The summed E-state index contributed by atoms with van der Waals surface area (Å²) in [7, 11) is 0. The second kappa shape index (κ2) is 8.77. The number of rotatable bonds is 5. The van der Waals surface area contributed by atoms with E-state index in [9.17, 15) is 19.8 Å². The Morgan fingerprint density at radius 1 is 1.03 bits per heavy atom. The molecule has 162 valence electrons. The summed E-state index contributed by atoms with van der Waals surface area (Å²) >= 11 is 6.13. The van der Waals surface area contributed by atoms with Crippen LogP contribution in [0.5, 0.6) is 11.5 Å². The number of ketones is 1. The number of aromatic hydroxyl groups is 1. The molecule has 1 amide bonds. The molecule has 0 spiro atoms. The van der Waals surface area contributed by atoms with E-state index < -0.39 is 17.7 Å². The van der Waals surface area contributed by atoms with E-state index in [2.05, 4.69) is 0 Å². The largest absolute Gasteiger partial charge is 0.508 e. The van der Waals surface area contributed by atoms with Crippen LogP contribution < -0.4 is 9.64 Å². The first-order chi connectivity index (χ1) is 15.4. The Kier molecular flexibility index (Phi) is 5.88. The van der Waals surface area contributed by atoms with Gasteiger partial charge in [0, 0.05) is 16.3 Å². The molecule has 3 aromatic carbocycles. The standard InChI is InChI=1S/C25H20ClNO5/c1-2-32-20-12-8-16(9-13-20)23(29)21-22(15-6-10-19(28)11-7-15)27(25(31)24(21)30)18-5-3-4-17(26)14-18/h3-14,22,28-29H,2H2,1H3/b23-21+. The minimum atomic E-state index is -0.902. The Hall–Kier alpha value is -3.77. The maximum Gasteiger partial charge on any atom is 0.300 e. The molecule has 1 atom stereocenters. The summed E-state index contributed by atoms with van der Waals surface area (Å²) in [6.07, 6.45) is 0. The number of hydrogen-bond acceptors (Lipinski definition) is 5. The number of Topliss-reactive ketones (excluding diaryl/α,β-unsaturated/α-hetero) is 1. The lowest BCUT2D eigenvalue weighted by Crippen LogP contribution is -2.29. The number of aliphatic hydroxyl groups excluding tert-OH is 1. The van der Waals surface area contributed by atoms with Gasteiger partial charge in [0.2, 0.25) is 0 Å². The van der Waals surface area contributed by atoms with Crippen molar-refractivity contribution in [2.45, 2.75) is 13.0 Å². The summed E-state index contributed by atoms with van der Waals surface area (Å²) in [6.45, 7) is 2.36. The zero-order valence-corrected chi connectivity index (χ0v) is 17.9. The number of hydrogen-bond donors (Lipinski definition) is 2. The van der Waals surface area contributed by atoms with Crippen LogP contribution in [0.15, 0.2) is 78.4 Å². The van der Waals surface area contributed by atoms with Crippen LogP contribution in [0.3, 0.4) is 0 Å². The Morgan fingerprint density at radius 3 is 2.34 bits per heavy atom. The predicted molar refractivity (Wildman–Crippen MR) is 122 cm³/mol. The van der Waals surface area contributed by atoms with Crippen LogP contribution >= 0.6 is 11.6 Å². The molecule has 3 aromatic rings. The molecular formula is C25H20ClNO5. The van der Waals surface area contributed by atoms with Crippen molar-refractivity contribution in [1.82, 2.24) is 0 Å². The molecule has 7 heteroatoms. The Morgan fingerprint density at radius 2 is 1.72 bits per heavy atom. The molecular weight excluding hydrogens is 430 g/mol. The summed E-state index contributed by atoms with van der Waals surface area (Å²) < 4.78 is 5.43. The van der Waals surface area contributed by atoms with Crippen molar-refractivity contribution in [3.05, 3.63) is 94.5 Å². The van der Waals surface area contributed by atoms with E-state index in [-0.39, 0.29) is 17.1 Å². The molecule has 4 rings (SSSR count). The number of carbonyl (C=O) groups excluding carboxylic acids is 2. The topological polar surface area (TPSA) is 87.1 Å². The molecule has 1 aliphatic rings. The normalized spacial score (nSPS) is 17.6. The lowest BCUT2D eigenvalue weighted by Gasteiger charge is -2.25. The highest BCUT2D eigenvalue weighted by molar-refractivity contribution is 6.51. The molecule has 2 N–H and O–H groups in total. The molecule has 0 radical (unpaired) electrons. The highest BCUT2D eigenvalue weighted by Crippen LogP contribution is 2.42. The zero-order valence-electron chi connectivity index (χ0n) is 17.2. The lowest BCUT2D eigenvalue weighted by molar-refractivity contribution is -0.132. The second-order valence-electron chi connectivity index (χ2n) is 7.20. The number of nitrogens with zero attached hydrogens (tertiary/aromatic N) is 1. The number of benzene rings is 3. The fourth-order valence-electron chi connectivity index (χ4n) is 3.73. The van der Waals surface area contributed by atoms with Crippen LogP contribution in [0.4, 0.5) is 5.69 Å². The molecule has 1 unspecified atom stereocenters. The van der Waals surface area contributed by atoms with Crippen molar-refractivity contribution in [3.63, 3.8) is 0 Å². The molecule has 32 heavy (non-hydrogen) atoms. The van der Waals surface area contributed by atoms with E-state index in [0.29, 0.717) is 34.2 Å². The highest BCUT2D eigenvalue weighted by Gasteiger charge is 2.47. The van der Waals surface area contributed by atoms with Gasteiger partial charge in [-0.05, 0) is 67.1 Å². The molecule has 0 bridgehead atoms. The molecule has 1 saturated heterocycles. The highest BCUT2D eigenvalue weighted by atomic mass is 35.5. The van der Waals surface area contributed by atoms with Gasteiger partial charge in [-0.3, -0.25) is 14.5 Å². The number of amides is 1. The van der Waals surface area contributed by atoms with E-state index in [1.165, 1.54) is 17.0 Å². The summed E-state index contributed by atoms with van der Waals surface area (Å²) in [5, 5.41) is 21.2. The molecule has 0 aromatic heterocycles. The molecule has 1 heterocycles.